The number of methoxy groups -OCH3 is 1. The molecule has 2 rings (SSSR count). The van der Waals surface area contributed by atoms with Gasteiger partial charge in [-0.3, -0.25) is 9.67 Å². The SMILES string of the molecule is COc1cnn(C)c1C(N)c1ncc(Br)cc1Br. The minimum absolute atomic E-state index is 0.407. The number of aryl methyl sites for hydroxylation is 1. The summed E-state index contributed by atoms with van der Waals surface area (Å²) in [5.41, 5.74) is 7.76. The minimum Gasteiger partial charge on any atom is -0.493 e. The van der Waals surface area contributed by atoms with Gasteiger partial charge >= 0.3 is 0 Å². The number of hydrogen-bond donors (Lipinski definition) is 1. The second-order valence-corrected chi connectivity index (χ2v) is 5.49. The van der Waals surface area contributed by atoms with E-state index in [1.54, 1.807) is 24.2 Å². The zero-order valence-electron chi connectivity index (χ0n) is 9.89. The van der Waals surface area contributed by atoms with Crippen LogP contribution in [0.3, 0.4) is 0 Å². The Morgan fingerprint density at radius 1 is 1.39 bits per heavy atom. The molecule has 1 unspecified atom stereocenters. The van der Waals surface area contributed by atoms with E-state index in [1.165, 1.54) is 0 Å². The Bertz CT molecular complexity index is 570. The monoisotopic (exact) mass is 374 g/mol. The van der Waals surface area contributed by atoms with Crippen molar-refractivity contribution < 1.29 is 4.74 Å². The molecule has 96 valence electrons. The van der Waals surface area contributed by atoms with Crippen LogP contribution >= 0.6 is 31.9 Å². The van der Waals surface area contributed by atoms with Gasteiger partial charge in [-0.2, -0.15) is 5.10 Å². The molecule has 0 amide bonds. The van der Waals surface area contributed by atoms with E-state index in [4.69, 9.17) is 10.5 Å². The van der Waals surface area contributed by atoms with Gasteiger partial charge in [0, 0.05) is 22.2 Å². The Morgan fingerprint density at radius 2 is 2.11 bits per heavy atom. The van der Waals surface area contributed by atoms with Crippen LogP contribution in [-0.4, -0.2) is 21.9 Å². The molecule has 0 bridgehead atoms. The van der Waals surface area contributed by atoms with Gasteiger partial charge in [-0.1, -0.05) is 0 Å². The van der Waals surface area contributed by atoms with Crippen molar-refractivity contribution >= 4 is 31.9 Å². The number of hydrogen-bond acceptors (Lipinski definition) is 4. The van der Waals surface area contributed by atoms with Gasteiger partial charge in [0.1, 0.15) is 5.69 Å². The normalized spacial score (nSPS) is 12.5. The van der Waals surface area contributed by atoms with Gasteiger partial charge < -0.3 is 10.5 Å². The Balaban J connectivity index is 2.47. The molecular formula is C11H12Br2N4O. The van der Waals surface area contributed by atoms with Gasteiger partial charge in [0.05, 0.1) is 25.0 Å². The first-order valence-corrected chi connectivity index (χ1v) is 6.75. The molecule has 0 aliphatic heterocycles. The van der Waals surface area contributed by atoms with E-state index in [0.717, 1.165) is 20.3 Å². The lowest BCUT2D eigenvalue weighted by molar-refractivity contribution is 0.405. The zero-order valence-corrected chi connectivity index (χ0v) is 13.1. The minimum atomic E-state index is -0.407. The number of nitrogens with zero attached hydrogens (tertiary/aromatic N) is 3. The molecule has 0 fully saturated rings. The van der Waals surface area contributed by atoms with Crippen LogP contribution < -0.4 is 10.5 Å². The molecule has 2 N–H and O–H groups in total. The summed E-state index contributed by atoms with van der Waals surface area (Å²) in [6.45, 7) is 0. The summed E-state index contributed by atoms with van der Waals surface area (Å²) < 4.78 is 8.68. The van der Waals surface area contributed by atoms with Crippen molar-refractivity contribution in [3.05, 3.63) is 38.8 Å². The van der Waals surface area contributed by atoms with Gasteiger partial charge in [-0.15, -0.1) is 0 Å². The highest BCUT2D eigenvalue weighted by Crippen LogP contribution is 2.31. The molecule has 0 aromatic carbocycles. The van der Waals surface area contributed by atoms with Crippen LogP contribution in [0.1, 0.15) is 17.4 Å². The molecule has 0 saturated heterocycles. The Labute approximate surface area is 122 Å². The number of pyridine rings is 1. The summed E-state index contributed by atoms with van der Waals surface area (Å²) in [4.78, 5) is 4.33. The molecule has 18 heavy (non-hydrogen) atoms. The van der Waals surface area contributed by atoms with Crippen molar-refractivity contribution in [3.63, 3.8) is 0 Å². The summed E-state index contributed by atoms with van der Waals surface area (Å²) in [5.74, 6) is 0.654. The van der Waals surface area contributed by atoms with Crippen LogP contribution in [0.25, 0.3) is 0 Å². The van der Waals surface area contributed by atoms with Crippen LogP contribution in [0.4, 0.5) is 0 Å². The van der Waals surface area contributed by atoms with Crippen molar-refractivity contribution in [3.8, 4) is 5.75 Å². The molecule has 0 radical (unpaired) electrons. The Morgan fingerprint density at radius 3 is 2.72 bits per heavy atom. The summed E-state index contributed by atoms with van der Waals surface area (Å²) in [5, 5.41) is 4.14. The van der Waals surface area contributed by atoms with Gasteiger partial charge in [0.15, 0.2) is 5.75 Å². The van der Waals surface area contributed by atoms with Crippen LogP contribution in [0.2, 0.25) is 0 Å². The standard InChI is InChI=1S/C11H12Br2N4O/c1-17-11(8(18-2)5-16-17)9(14)10-7(13)3-6(12)4-15-10/h3-5,9H,14H2,1-2H3. The maximum Gasteiger partial charge on any atom is 0.161 e. The summed E-state index contributed by atoms with van der Waals surface area (Å²) in [7, 11) is 3.42. The number of nitrogens with two attached hydrogens (primary N) is 1. The molecule has 0 spiro atoms. The molecule has 0 aliphatic rings. The summed E-state index contributed by atoms with van der Waals surface area (Å²) in [6.07, 6.45) is 3.35. The lowest BCUT2D eigenvalue weighted by atomic mass is 10.1. The van der Waals surface area contributed by atoms with Crippen LogP contribution in [0.5, 0.6) is 5.75 Å². The van der Waals surface area contributed by atoms with E-state index in [2.05, 4.69) is 41.9 Å². The van der Waals surface area contributed by atoms with Gasteiger partial charge in [0.2, 0.25) is 0 Å². The van der Waals surface area contributed by atoms with Crippen molar-refractivity contribution in [2.75, 3.05) is 7.11 Å². The fraction of sp³-hybridized carbons (Fsp3) is 0.273. The Hall–Kier alpha value is -0.920. The molecule has 2 aromatic heterocycles. The van der Waals surface area contributed by atoms with E-state index in [-0.39, 0.29) is 0 Å². The molecule has 5 nitrogen and oxygen atoms in total. The van der Waals surface area contributed by atoms with Gasteiger partial charge in [-0.05, 0) is 37.9 Å². The van der Waals surface area contributed by atoms with Gasteiger partial charge in [-0.25, -0.2) is 0 Å². The highest BCUT2D eigenvalue weighted by Gasteiger charge is 2.22. The molecule has 7 heteroatoms. The fourth-order valence-electron chi connectivity index (χ4n) is 1.72. The maximum atomic E-state index is 6.24. The number of halogens is 2. The third-order valence-corrected chi connectivity index (χ3v) is 3.66. The molecular weight excluding hydrogens is 364 g/mol. The summed E-state index contributed by atoms with van der Waals surface area (Å²) >= 11 is 6.82. The topological polar surface area (TPSA) is 66.0 Å². The molecule has 0 saturated carbocycles. The first-order chi connectivity index (χ1) is 8.54. The molecule has 2 aromatic rings. The van der Waals surface area contributed by atoms with Crippen molar-refractivity contribution in [2.45, 2.75) is 6.04 Å². The van der Waals surface area contributed by atoms with Crippen LogP contribution in [-0.2, 0) is 7.05 Å². The largest absolute Gasteiger partial charge is 0.493 e. The highest BCUT2D eigenvalue weighted by molar-refractivity contribution is 9.11. The predicted octanol–water partition coefficient (Wildman–Crippen LogP) is 2.40. The van der Waals surface area contributed by atoms with Crippen molar-refractivity contribution in [1.29, 1.82) is 0 Å². The number of ether oxygens (including phenoxy) is 1. The number of rotatable bonds is 3. The quantitative estimate of drug-likeness (QED) is 0.894. The van der Waals surface area contributed by atoms with E-state index in [9.17, 15) is 0 Å². The smallest absolute Gasteiger partial charge is 0.161 e. The van der Waals surface area contributed by atoms with E-state index in [1.807, 2.05) is 13.1 Å². The fourth-order valence-corrected chi connectivity index (χ4v) is 2.96. The third kappa shape index (κ3) is 2.43. The zero-order chi connectivity index (χ0) is 13.3. The lowest BCUT2D eigenvalue weighted by Crippen LogP contribution is -2.18. The first-order valence-electron chi connectivity index (χ1n) is 5.17. The average molecular weight is 376 g/mol. The van der Waals surface area contributed by atoms with Gasteiger partial charge in [0.25, 0.3) is 0 Å². The highest BCUT2D eigenvalue weighted by atomic mass is 79.9. The van der Waals surface area contributed by atoms with Crippen LogP contribution in [0.15, 0.2) is 27.4 Å². The second kappa shape index (κ2) is 5.38. The molecule has 1 atom stereocenters. The van der Waals surface area contributed by atoms with Crippen LogP contribution in [0, 0.1) is 0 Å². The Kier molecular flexibility index (Phi) is 4.04. The van der Waals surface area contributed by atoms with E-state index >= 15 is 0 Å². The molecule has 2 heterocycles. The molecule has 0 aliphatic carbocycles. The van der Waals surface area contributed by atoms with E-state index in [0.29, 0.717) is 5.75 Å². The summed E-state index contributed by atoms with van der Waals surface area (Å²) in [6, 6.07) is 1.50. The van der Waals surface area contributed by atoms with Crippen molar-refractivity contribution in [2.24, 2.45) is 12.8 Å². The lowest BCUT2D eigenvalue weighted by Gasteiger charge is -2.15. The predicted molar refractivity (Wildman–Crippen MR) is 75.4 cm³/mol. The average Bonchev–Trinajstić information content (AvgIpc) is 2.69. The number of aromatic nitrogens is 3. The first kappa shape index (κ1) is 13.5. The van der Waals surface area contributed by atoms with E-state index < -0.39 is 6.04 Å². The third-order valence-electron chi connectivity index (χ3n) is 2.59. The second-order valence-electron chi connectivity index (χ2n) is 3.72. The van der Waals surface area contributed by atoms with Crippen molar-refractivity contribution in [1.82, 2.24) is 14.8 Å². The maximum absolute atomic E-state index is 6.24.